The Morgan fingerprint density at radius 1 is 1.03 bits per heavy atom. The minimum absolute atomic E-state index is 0.0767. The molecule has 4 aliphatic carbocycles. The first-order valence-electron chi connectivity index (χ1n) is 13.1. The highest BCUT2D eigenvalue weighted by atomic mass is 16.3. The lowest BCUT2D eigenvalue weighted by atomic mass is 9.45. The Labute approximate surface area is 186 Å². The van der Waals surface area contributed by atoms with Crippen LogP contribution in [0, 0.1) is 39.9 Å². The van der Waals surface area contributed by atoms with Crippen LogP contribution in [0.15, 0.2) is 22.8 Å². The molecule has 0 amide bonds. The molecule has 8 atom stereocenters. The highest BCUT2D eigenvalue weighted by Crippen LogP contribution is 2.71. The van der Waals surface area contributed by atoms with Gasteiger partial charge in [-0.1, -0.05) is 57.4 Å². The zero-order valence-corrected chi connectivity index (χ0v) is 21.0. The van der Waals surface area contributed by atoms with Gasteiger partial charge in [0.05, 0.1) is 6.10 Å². The first-order chi connectivity index (χ1) is 14.0. The largest absolute Gasteiger partial charge is 0.393 e. The van der Waals surface area contributed by atoms with E-state index in [1.807, 2.05) is 11.1 Å². The molecular weight excluding hydrogens is 364 g/mol. The van der Waals surface area contributed by atoms with E-state index in [4.69, 9.17) is 0 Å². The Balaban J connectivity index is 1.63. The Morgan fingerprint density at radius 2 is 1.77 bits per heavy atom. The maximum atomic E-state index is 10.5. The van der Waals surface area contributed by atoms with Crippen molar-refractivity contribution in [2.45, 2.75) is 119 Å². The standard InChI is InChI=1S/C29H48O/c1-19(2)9-8-10-20(3)22-13-17-29(7)25-12-11-23-21(4)26(30)15-16-27(23,5)24(25)14-18-28(22,29)6/h9,20-23,26,30H,8,10-18H2,1-7H3/t20-,21+,22-,23?,26+,27+,28-,29+/m1/s1. The van der Waals surface area contributed by atoms with Crippen LogP contribution in [0.2, 0.25) is 0 Å². The molecule has 2 saturated carbocycles. The van der Waals surface area contributed by atoms with Crippen molar-refractivity contribution in [3.63, 3.8) is 0 Å². The number of rotatable bonds is 4. The van der Waals surface area contributed by atoms with E-state index in [1.165, 1.54) is 63.4 Å². The second-order valence-corrected chi connectivity index (χ2v) is 12.7. The van der Waals surface area contributed by atoms with Gasteiger partial charge in [0.15, 0.2) is 0 Å². The molecule has 1 unspecified atom stereocenters. The van der Waals surface area contributed by atoms with Crippen LogP contribution in [-0.2, 0) is 0 Å². The smallest absolute Gasteiger partial charge is 0.0569 e. The maximum Gasteiger partial charge on any atom is 0.0569 e. The van der Waals surface area contributed by atoms with Crippen molar-refractivity contribution in [3.05, 3.63) is 22.8 Å². The molecule has 2 fully saturated rings. The van der Waals surface area contributed by atoms with Gasteiger partial charge >= 0.3 is 0 Å². The Morgan fingerprint density at radius 3 is 2.47 bits per heavy atom. The number of fused-ring (bicyclic) bond motifs is 4. The van der Waals surface area contributed by atoms with Crippen molar-refractivity contribution in [3.8, 4) is 0 Å². The van der Waals surface area contributed by atoms with E-state index >= 15 is 0 Å². The van der Waals surface area contributed by atoms with Crippen LogP contribution >= 0.6 is 0 Å². The van der Waals surface area contributed by atoms with Crippen molar-refractivity contribution in [1.29, 1.82) is 0 Å². The van der Waals surface area contributed by atoms with E-state index < -0.39 is 0 Å². The zero-order chi connectivity index (χ0) is 21.9. The summed E-state index contributed by atoms with van der Waals surface area (Å²) in [5.74, 6) is 2.85. The van der Waals surface area contributed by atoms with Gasteiger partial charge in [0.25, 0.3) is 0 Å². The van der Waals surface area contributed by atoms with Gasteiger partial charge < -0.3 is 5.11 Å². The number of allylic oxidation sites excluding steroid dienone is 4. The SMILES string of the molecule is CC(C)=CCC[C@@H](C)[C@H]1CC[C@@]2(C)C3=C(CC[C@]12C)[C@@]1(C)CC[C@H](O)[C@@H](C)C1CC3. The molecule has 1 N–H and O–H groups in total. The molecule has 4 rings (SSSR count). The van der Waals surface area contributed by atoms with Gasteiger partial charge in [0, 0.05) is 0 Å². The molecule has 0 bridgehead atoms. The van der Waals surface area contributed by atoms with Crippen LogP contribution in [0.5, 0.6) is 0 Å². The van der Waals surface area contributed by atoms with Crippen molar-refractivity contribution >= 4 is 0 Å². The molecule has 0 aliphatic heterocycles. The van der Waals surface area contributed by atoms with Gasteiger partial charge in [-0.25, -0.2) is 0 Å². The van der Waals surface area contributed by atoms with Crippen molar-refractivity contribution in [2.24, 2.45) is 39.9 Å². The Kier molecular flexibility index (Phi) is 5.87. The molecule has 30 heavy (non-hydrogen) atoms. The molecule has 0 aromatic rings. The second-order valence-electron chi connectivity index (χ2n) is 12.7. The molecule has 1 heteroatoms. The summed E-state index contributed by atoms with van der Waals surface area (Å²) < 4.78 is 0. The Hall–Kier alpha value is -0.560. The van der Waals surface area contributed by atoms with Crippen LogP contribution in [0.4, 0.5) is 0 Å². The van der Waals surface area contributed by atoms with E-state index in [1.54, 1.807) is 0 Å². The van der Waals surface area contributed by atoms with Crippen molar-refractivity contribution in [1.82, 2.24) is 0 Å². The molecular formula is C29H48O. The van der Waals surface area contributed by atoms with Crippen LogP contribution in [0.1, 0.15) is 113 Å². The summed E-state index contributed by atoms with van der Waals surface area (Å²) >= 11 is 0. The lowest BCUT2D eigenvalue weighted by molar-refractivity contribution is -0.0412. The second kappa shape index (κ2) is 7.79. The van der Waals surface area contributed by atoms with E-state index in [0.717, 1.165) is 18.3 Å². The van der Waals surface area contributed by atoms with Gasteiger partial charge in [-0.05, 0) is 118 Å². The summed E-state index contributed by atoms with van der Waals surface area (Å²) in [7, 11) is 0. The first kappa shape index (κ1) is 22.6. The first-order valence-corrected chi connectivity index (χ1v) is 13.1. The van der Waals surface area contributed by atoms with Crippen molar-refractivity contribution < 1.29 is 5.11 Å². The normalized spacial score (nSPS) is 46.7. The predicted molar refractivity (Wildman–Crippen MR) is 128 cm³/mol. The molecule has 0 spiro atoms. The van der Waals surface area contributed by atoms with Crippen LogP contribution in [0.25, 0.3) is 0 Å². The number of aliphatic hydroxyl groups is 1. The van der Waals surface area contributed by atoms with Crippen LogP contribution in [0.3, 0.4) is 0 Å². The summed E-state index contributed by atoms with van der Waals surface area (Å²) in [5, 5.41) is 10.5. The number of hydrogen-bond acceptors (Lipinski definition) is 1. The predicted octanol–water partition coefficient (Wildman–Crippen LogP) is 8.09. The summed E-state index contributed by atoms with van der Waals surface area (Å²) in [6.07, 6.45) is 15.3. The van der Waals surface area contributed by atoms with Gasteiger partial charge in [-0.2, -0.15) is 0 Å². The zero-order valence-electron chi connectivity index (χ0n) is 21.0. The average molecular weight is 413 g/mol. The summed E-state index contributed by atoms with van der Waals surface area (Å²) in [4.78, 5) is 0. The summed E-state index contributed by atoms with van der Waals surface area (Å²) in [6, 6.07) is 0. The molecule has 0 aromatic heterocycles. The highest BCUT2D eigenvalue weighted by Gasteiger charge is 2.62. The van der Waals surface area contributed by atoms with Crippen LogP contribution < -0.4 is 0 Å². The van der Waals surface area contributed by atoms with Gasteiger partial charge in [-0.3, -0.25) is 0 Å². The Bertz CT molecular complexity index is 727. The molecule has 4 aliphatic rings. The number of hydrogen-bond donors (Lipinski definition) is 1. The van der Waals surface area contributed by atoms with E-state index in [9.17, 15) is 5.11 Å². The molecule has 0 saturated heterocycles. The topological polar surface area (TPSA) is 20.2 Å². The van der Waals surface area contributed by atoms with E-state index in [0.29, 0.717) is 28.1 Å². The third kappa shape index (κ3) is 3.20. The molecule has 170 valence electrons. The van der Waals surface area contributed by atoms with Crippen LogP contribution in [-0.4, -0.2) is 11.2 Å². The highest BCUT2D eigenvalue weighted by molar-refractivity contribution is 5.38. The average Bonchev–Trinajstić information content (AvgIpc) is 2.96. The van der Waals surface area contributed by atoms with Gasteiger partial charge in [0.2, 0.25) is 0 Å². The fraction of sp³-hybridized carbons (Fsp3) is 0.862. The van der Waals surface area contributed by atoms with Crippen molar-refractivity contribution in [2.75, 3.05) is 0 Å². The summed E-state index contributed by atoms with van der Waals surface area (Å²) in [5.41, 5.74) is 6.44. The minimum Gasteiger partial charge on any atom is -0.393 e. The lowest BCUT2D eigenvalue weighted by Gasteiger charge is -2.60. The van der Waals surface area contributed by atoms with Gasteiger partial charge in [0.1, 0.15) is 0 Å². The van der Waals surface area contributed by atoms with E-state index in [-0.39, 0.29) is 6.10 Å². The molecule has 1 nitrogen and oxygen atoms in total. The minimum atomic E-state index is -0.0767. The maximum absolute atomic E-state index is 10.5. The fourth-order valence-electron chi connectivity index (χ4n) is 9.09. The molecule has 0 heterocycles. The lowest BCUT2D eigenvalue weighted by Crippen LogP contribution is -2.51. The molecule has 0 radical (unpaired) electrons. The number of aliphatic hydroxyl groups excluding tert-OH is 1. The third-order valence-corrected chi connectivity index (χ3v) is 11.2. The summed E-state index contributed by atoms with van der Waals surface area (Å²) in [6.45, 7) is 17.3. The fourth-order valence-corrected chi connectivity index (χ4v) is 9.09. The van der Waals surface area contributed by atoms with E-state index in [2.05, 4.69) is 54.5 Å². The third-order valence-electron chi connectivity index (χ3n) is 11.2. The monoisotopic (exact) mass is 412 g/mol. The van der Waals surface area contributed by atoms with Gasteiger partial charge in [-0.15, -0.1) is 0 Å². The quantitative estimate of drug-likeness (QED) is 0.462. The molecule has 0 aromatic carbocycles.